The number of rotatable bonds is 5. The van der Waals surface area contributed by atoms with Crippen molar-refractivity contribution in [3.05, 3.63) is 84.2 Å². The molecule has 0 amide bonds. The van der Waals surface area contributed by atoms with Gasteiger partial charge in [0, 0.05) is 23.5 Å². The van der Waals surface area contributed by atoms with Crippen molar-refractivity contribution in [2.75, 3.05) is 0 Å². The zero-order valence-corrected chi connectivity index (χ0v) is 12.3. The van der Waals surface area contributed by atoms with Gasteiger partial charge in [-0.2, -0.15) is 0 Å². The van der Waals surface area contributed by atoms with Crippen LogP contribution in [-0.4, -0.2) is 16.1 Å². The lowest BCUT2D eigenvalue weighted by Crippen LogP contribution is -2.05. The number of hydrogen-bond donors (Lipinski definition) is 1. The lowest BCUT2D eigenvalue weighted by Gasteiger charge is -2.14. The van der Waals surface area contributed by atoms with E-state index in [0.29, 0.717) is 17.9 Å². The Balaban J connectivity index is 2.00. The second-order valence-corrected chi connectivity index (χ2v) is 5.00. The number of nitrogens with zero attached hydrogens (tertiary/aromatic N) is 1. The van der Waals surface area contributed by atoms with Crippen LogP contribution in [0.25, 0.3) is 11.1 Å². The maximum absolute atomic E-state index is 11.5. The molecule has 4 nitrogen and oxygen atoms in total. The molecule has 1 heterocycles. The standard InChI is InChI=1S/C19H15NO3/c21-19(22)17-10-4-9-16(15-8-5-11-20-12-15)18(17)23-13-14-6-2-1-3-7-14/h1-12H,13H2,(H,21,22). The summed E-state index contributed by atoms with van der Waals surface area (Å²) in [6.07, 6.45) is 3.37. The van der Waals surface area contributed by atoms with Crippen molar-refractivity contribution in [1.29, 1.82) is 0 Å². The molecule has 0 fully saturated rings. The van der Waals surface area contributed by atoms with Crippen LogP contribution in [0.5, 0.6) is 5.75 Å². The summed E-state index contributed by atoms with van der Waals surface area (Å²) in [6.45, 7) is 0.304. The van der Waals surface area contributed by atoms with E-state index in [9.17, 15) is 9.90 Å². The molecule has 0 unspecified atom stereocenters. The first-order valence-electron chi connectivity index (χ1n) is 7.19. The Bertz CT molecular complexity index is 801. The summed E-state index contributed by atoms with van der Waals surface area (Å²) in [5.74, 6) is -0.657. The van der Waals surface area contributed by atoms with Crippen molar-refractivity contribution in [1.82, 2.24) is 4.98 Å². The molecule has 3 aromatic rings. The summed E-state index contributed by atoms with van der Waals surface area (Å²) in [5.41, 5.74) is 2.65. The van der Waals surface area contributed by atoms with Crippen LogP contribution >= 0.6 is 0 Å². The Morgan fingerprint density at radius 2 is 1.83 bits per heavy atom. The summed E-state index contributed by atoms with van der Waals surface area (Å²) < 4.78 is 5.86. The largest absolute Gasteiger partial charge is 0.487 e. The van der Waals surface area contributed by atoms with Crippen LogP contribution in [0, 0.1) is 0 Å². The fourth-order valence-electron chi connectivity index (χ4n) is 2.34. The summed E-state index contributed by atoms with van der Waals surface area (Å²) in [6, 6.07) is 18.4. The fraction of sp³-hybridized carbons (Fsp3) is 0.0526. The minimum absolute atomic E-state index is 0.141. The van der Waals surface area contributed by atoms with Crippen LogP contribution in [0.2, 0.25) is 0 Å². The van der Waals surface area contributed by atoms with Crippen molar-refractivity contribution in [2.24, 2.45) is 0 Å². The minimum Gasteiger partial charge on any atom is -0.487 e. The number of para-hydroxylation sites is 1. The molecule has 0 bridgehead atoms. The number of carboxylic acid groups (broad SMARTS) is 1. The van der Waals surface area contributed by atoms with E-state index in [1.54, 1.807) is 24.5 Å². The molecule has 4 heteroatoms. The molecule has 114 valence electrons. The first kappa shape index (κ1) is 14.8. The molecule has 1 aromatic heterocycles. The first-order valence-corrected chi connectivity index (χ1v) is 7.19. The SMILES string of the molecule is O=C(O)c1cccc(-c2cccnc2)c1OCc1ccccc1. The van der Waals surface area contributed by atoms with Crippen molar-refractivity contribution in [3.8, 4) is 16.9 Å². The van der Waals surface area contributed by atoms with E-state index in [1.807, 2.05) is 48.5 Å². The first-order chi connectivity index (χ1) is 11.3. The Labute approximate surface area is 134 Å². The van der Waals surface area contributed by atoms with Crippen LogP contribution in [0.1, 0.15) is 15.9 Å². The lowest BCUT2D eigenvalue weighted by molar-refractivity contribution is 0.0692. The molecule has 1 N–H and O–H groups in total. The molecule has 0 saturated carbocycles. The predicted octanol–water partition coefficient (Wildman–Crippen LogP) is 4.03. The summed E-state index contributed by atoms with van der Waals surface area (Å²) >= 11 is 0. The van der Waals surface area contributed by atoms with Gasteiger partial charge in [0.05, 0.1) is 0 Å². The molecule has 0 spiro atoms. The number of ether oxygens (including phenoxy) is 1. The normalized spacial score (nSPS) is 10.3. The maximum atomic E-state index is 11.5. The van der Waals surface area contributed by atoms with Crippen LogP contribution < -0.4 is 4.74 Å². The highest BCUT2D eigenvalue weighted by atomic mass is 16.5. The molecular weight excluding hydrogens is 290 g/mol. The smallest absolute Gasteiger partial charge is 0.339 e. The van der Waals surface area contributed by atoms with Gasteiger partial charge in [-0.3, -0.25) is 4.98 Å². The predicted molar refractivity (Wildman–Crippen MR) is 87.4 cm³/mol. The summed E-state index contributed by atoms with van der Waals surface area (Å²) in [4.78, 5) is 15.6. The molecule has 0 aliphatic heterocycles. The van der Waals surface area contributed by atoms with Gasteiger partial charge in [0.15, 0.2) is 0 Å². The lowest BCUT2D eigenvalue weighted by atomic mass is 10.0. The van der Waals surface area contributed by atoms with Gasteiger partial charge in [0.25, 0.3) is 0 Å². The number of aromatic carboxylic acids is 1. The highest BCUT2D eigenvalue weighted by molar-refractivity contribution is 5.94. The number of carboxylic acids is 1. The zero-order chi connectivity index (χ0) is 16.1. The van der Waals surface area contributed by atoms with E-state index in [4.69, 9.17) is 4.74 Å². The zero-order valence-electron chi connectivity index (χ0n) is 12.3. The molecule has 0 atom stereocenters. The third-order valence-electron chi connectivity index (χ3n) is 3.44. The molecule has 0 aliphatic rings. The second kappa shape index (κ2) is 6.75. The minimum atomic E-state index is -1.01. The topological polar surface area (TPSA) is 59.4 Å². The van der Waals surface area contributed by atoms with Crippen molar-refractivity contribution in [3.63, 3.8) is 0 Å². The monoisotopic (exact) mass is 305 g/mol. The van der Waals surface area contributed by atoms with Crippen LogP contribution in [0.4, 0.5) is 0 Å². The van der Waals surface area contributed by atoms with Crippen molar-refractivity contribution in [2.45, 2.75) is 6.61 Å². The summed E-state index contributed by atoms with van der Waals surface area (Å²) in [5, 5.41) is 9.44. The van der Waals surface area contributed by atoms with Gasteiger partial charge in [-0.05, 0) is 17.7 Å². The van der Waals surface area contributed by atoms with E-state index in [2.05, 4.69) is 4.98 Å². The van der Waals surface area contributed by atoms with Gasteiger partial charge >= 0.3 is 5.97 Å². The molecule has 0 saturated heterocycles. The van der Waals surface area contributed by atoms with Gasteiger partial charge in [0.1, 0.15) is 17.9 Å². The van der Waals surface area contributed by atoms with Crippen LogP contribution in [0.15, 0.2) is 73.1 Å². The number of carbonyl (C=O) groups is 1. The van der Waals surface area contributed by atoms with E-state index in [0.717, 1.165) is 11.1 Å². The Hall–Kier alpha value is -3.14. The van der Waals surface area contributed by atoms with E-state index >= 15 is 0 Å². The van der Waals surface area contributed by atoms with Gasteiger partial charge in [0.2, 0.25) is 0 Å². The Morgan fingerprint density at radius 1 is 1.00 bits per heavy atom. The molecule has 0 radical (unpaired) electrons. The average Bonchev–Trinajstić information content (AvgIpc) is 2.61. The van der Waals surface area contributed by atoms with Crippen LogP contribution in [-0.2, 0) is 6.61 Å². The Morgan fingerprint density at radius 3 is 2.52 bits per heavy atom. The van der Waals surface area contributed by atoms with Crippen molar-refractivity contribution < 1.29 is 14.6 Å². The van der Waals surface area contributed by atoms with Gasteiger partial charge in [-0.1, -0.05) is 48.5 Å². The molecule has 23 heavy (non-hydrogen) atoms. The fourth-order valence-corrected chi connectivity index (χ4v) is 2.34. The highest BCUT2D eigenvalue weighted by Crippen LogP contribution is 2.33. The molecule has 2 aromatic carbocycles. The number of aromatic nitrogens is 1. The summed E-state index contributed by atoms with van der Waals surface area (Å²) in [7, 11) is 0. The molecular formula is C19H15NO3. The molecule has 0 aliphatic carbocycles. The Kier molecular flexibility index (Phi) is 4.34. The second-order valence-electron chi connectivity index (χ2n) is 5.00. The molecule has 3 rings (SSSR count). The maximum Gasteiger partial charge on any atom is 0.339 e. The number of hydrogen-bond acceptors (Lipinski definition) is 3. The van der Waals surface area contributed by atoms with Gasteiger partial charge in [-0.15, -0.1) is 0 Å². The van der Waals surface area contributed by atoms with Crippen LogP contribution in [0.3, 0.4) is 0 Å². The van der Waals surface area contributed by atoms with E-state index in [-0.39, 0.29) is 5.56 Å². The third kappa shape index (κ3) is 3.37. The van der Waals surface area contributed by atoms with E-state index < -0.39 is 5.97 Å². The average molecular weight is 305 g/mol. The van der Waals surface area contributed by atoms with Gasteiger partial charge in [-0.25, -0.2) is 4.79 Å². The van der Waals surface area contributed by atoms with E-state index in [1.165, 1.54) is 0 Å². The quantitative estimate of drug-likeness (QED) is 0.773. The highest BCUT2D eigenvalue weighted by Gasteiger charge is 2.16. The third-order valence-corrected chi connectivity index (χ3v) is 3.44. The number of pyridine rings is 1. The van der Waals surface area contributed by atoms with Crippen molar-refractivity contribution >= 4 is 5.97 Å². The number of benzene rings is 2. The van der Waals surface area contributed by atoms with Gasteiger partial charge < -0.3 is 9.84 Å².